The Bertz CT molecular complexity index is 1270. The van der Waals surface area contributed by atoms with Crippen molar-refractivity contribution >= 4 is 21.6 Å². The molecule has 0 aliphatic carbocycles. The zero-order valence-electron chi connectivity index (χ0n) is 21.0. The third kappa shape index (κ3) is 6.71. The molecule has 0 heterocycles. The van der Waals surface area contributed by atoms with Gasteiger partial charge in [0, 0.05) is 5.69 Å². The van der Waals surface area contributed by atoms with Gasteiger partial charge in [0.15, 0.2) is 0 Å². The van der Waals surface area contributed by atoms with E-state index in [1.54, 1.807) is 19.1 Å². The first-order valence-corrected chi connectivity index (χ1v) is 13.3. The van der Waals surface area contributed by atoms with Crippen molar-refractivity contribution in [3.63, 3.8) is 0 Å². The van der Waals surface area contributed by atoms with Crippen LogP contribution in [0.2, 0.25) is 0 Å². The van der Waals surface area contributed by atoms with E-state index in [1.165, 1.54) is 6.07 Å². The molecule has 0 aliphatic rings. The van der Waals surface area contributed by atoms with Crippen LogP contribution in [-0.2, 0) is 21.2 Å². The molecule has 2 N–H and O–H groups in total. The SMILES string of the molecule is CCOc1ccc(S(=O)(=O)N[C@H](Cc2ccccc2)C(=O)Nc2c(C)cccc2C(C)C)cc1C. The molecule has 3 rings (SSSR count). The highest BCUT2D eigenvalue weighted by atomic mass is 32.2. The summed E-state index contributed by atoms with van der Waals surface area (Å²) in [6, 6.07) is 18.9. The first-order valence-electron chi connectivity index (χ1n) is 11.8. The van der Waals surface area contributed by atoms with Gasteiger partial charge in [0.25, 0.3) is 0 Å². The molecule has 0 saturated heterocycles. The second-order valence-corrected chi connectivity index (χ2v) is 10.6. The summed E-state index contributed by atoms with van der Waals surface area (Å²) in [6.45, 7) is 10.2. The number of carbonyl (C=O) groups is 1. The molecule has 3 aromatic rings. The van der Waals surface area contributed by atoms with Gasteiger partial charge in [-0.05, 0) is 73.6 Å². The van der Waals surface area contributed by atoms with E-state index in [2.05, 4.69) is 23.9 Å². The molecule has 35 heavy (non-hydrogen) atoms. The fourth-order valence-corrected chi connectivity index (χ4v) is 5.23. The molecule has 3 aromatic carbocycles. The van der Waals surface area contributed by atoms with Gasteiger partial charge in [0.1, 0.15) is 11.8 Å². The topological polar surface area (TPSA) is 84.5 Å². The van der Waals surface area contributed by atoms with E-state index >= 15 is 0 Å². The molecule has 7 heteroatoms. The molecule has 0 radical (unpaired) electrons. The van der Waals surface area contributed by atoms with Crippen LogP contribution >= 0.6 is 0 Å². The minimum atomic E-state index is -3.97. The molecule has 0 bridgehead atoms. The van der Waals surface area contributed by atoms with Gasteiger partial charge >= 0.3 is 0 Å². The van der Waals surface area contributed by atoms with E-state index in [-0.39, 0.29) is 17.2 Å². The first-order chi connectivity index (χ1) is 16.6. The van der Waals surface area contributed by atoms with E-state index < -0.39 is 22.0 Å². The van der Waals surface area contributed by atoms with Crippen molar-refractivity contribution < 1.29 is 17.9 Å². The lowest BCUT2D eigenvalue weighted by Gasteiger charge is -2.22. The van der Waals surface area contributed by atoms with Crippen molar-refractivity contribution in [1.82, 2.24) is 4.72 Å². The molecule has 0 saturated carbocycles. The van der Waals surface area contributed by atoms with E-state index in [0.29, 0.717) is 17.9 Å². The molecule has 186 valence electrons. The summed E-state index contributed by atoms with van der Waals surface area (Å²) in [4.78, 5) is 13.6. The third-order valence-electron chi connectivity index (χ3n) is 5.83. The molecule has 1 amide bonds. The monoisotopic (exact) mass is 494 g/mol. The molecular formula is C28H34N2O4S. The number of carbonyl (C=O) groups excluding carboxylic acids is 1. The average Bonchev–Trinajstić information content (AvgIpc) is 2.81. The summed E-state index contributed by atoms with van der Waals surface area (Å²) in [5.41, 5.74) is 4.21. The molecule has 0 fully saturated rings. The predicted octanol–water partition coefficient (Wildman–Crippen LogP) is 5.35. The maximum Gasteiger partial charge on any atom is 0.242 e. The Balaban J connectivity index is 1.93. The fraction of sp³-hybridized carbons (Fsp3) is 0.321. The van der Waals surface area contributed by atoms with Crippen molar-refractivity contribution in [2.45, 2.75) is 57.9 Å². The number of sulfonamides is 1. The molecular weight excluding hydrogens is 460 g/mol. The van der Waals surface area contributed by atoms with Crippen LogP contribution in [-0.4, -0.2) is 27.0 Å². The number of rotatable bonds is 10. The predicted molar refractivity (Wildman–Crippen MR) is 141 cm³/mol. The van der Waals surface area contributed by atoms with Crippen molar-refractivity contribution in [2.75, 3.05) is 11.9 Å². The number of nitrogens with one attached hydrogen (secondary N) is 2. The number of para-hydroxylation sites is 1. The lowest BCUT2D eigenvalue weighted by Crippen LogP contribution is -2.45. The van der Waals surface area contributed by atoms with Crippen molar-refractivity contribution in [2.24, 2.45) is 0 Å². The van der Waals surface area contributed by atoms with Gasteiger partial charge in [-0.1, -0.05) is 62.4 Å². The summed E-state index contributed by atoms with van der Waals surface area (Å²) in [7, 11) is -3.97. The fourth-order valence-electron chi connectivity index (χ4n) is 3.95. The largest absolute Gasteiger partial charge is 0.494 e. The molecule has 0 aromatic heterocycles. The van der Waals surface area contributed by atoms with Gasteiger partial charge in [-0.25, -0.2) is 8.42 Å². The molecule has 0 aliphatic heterocycles. The van der Waals surface area contributed by atoms with Crippen LogP contribution < -0.4 is 14.8 Å². The normalized spacial score (nSPS) is 12.4. The second kappa shape index (κ2) is 11.5. The molecule has 1 atom stereocenters. The molecule has 6 nitrogen and oxygen atoms in total. The summed E-state index contributed by atoms with van der Waals surface area (Å²) >= 11 is 0. The standard InChI is InChI=1S/C28H34N2O4S/c1-6-34-26-16-15-23(17-21(26)5)35(32,33)30-25(18-22-12-8-7-9-13-22)28(31)29-27-20(4)11-10-14-24(27)19(2)3/h7-17,19,25,30H,6,18H2,1-5H3,(H,29,31)/t25-/m1/s1. The Hall–Kier alpha value is -3.16. The van der Waals surface area contributed by atoms with E-state index in [9.17, 15) is 13.2 Å². The van der Waals surface area contributed by atoms with Crippen molar-refractivity contribution in [3.8, 4) is 5.75 Å². The zero-order valence-corrected chi connectivity index (χ0v) is 21.8. The Morgan fingerprint density at radius 1 is 0.943 bits per heavy atom. The minimum Gasteiger partial charge on any atom is -0.494 e. The Labute approximate surface area is 208 Å². The summed E-state index contributed by atoms with van der Waals surface area (Å²) in [6.07, 6.45) is 0.213. The van der Waals surface area contributed by atoms with E-state index in [4.69, 9.17) is 4.74 Å². The Morgan fingerprint density at radius 2 is 1.66 bits per heavy atom. The van der Waals surface area contributed by atoms with Crippen LogP contribution in [0.15, 0.2) is 71.6 Å². The highest BCUT2D eigenvalue weighted by molar-refractivity contribution is 7.89. The smallest absolute Gasteiger partial charge is 0.242 e. The summed E-state index contributed by atoms with van der Waals surface area (Å²) < 4.78 is 34.8. The Kier molecular flexibility index (Phi) is 8.70. The number of anilines is 1. The lowest BCUT2D eigenvalue weighted by molar-refractivity contribution is -0.117. The van der Waals surface area contributed by atoms with Crippen LogP contribution in [0, 0.1) is 13.8 Å². The van der Waals surface area contributed by atoms with E-state index in [1.807, 2.05) is 62.4 Å². The van der Waals surface area contributed by atoms with Crippen LogP contribution in [0.25, 0.3) is 0 Å². The quantitative estimate of drug-likeness (QED) is 0.398. The van der Waals surface area contributed by atoms with Gasteiger partial charge < -0.3 is 10.1 Å². The second-order valence-electron chi connectivity index (χ2n) is 8.91. The highest BCUT2D eigenvalue weighted by Gasteiger charge is 2.27. The first kappa shape index (κ1) is 26.4. The summed E-state index contributed by atoms with van der Waals surface area (Å²) in [5, 5.41) is 3.01. The van der Waals surface area contributed by atoms with Crippen LogP contribution in [0.4, 0.5) is 5.69 Å². The van der Waals surface area contributed by atoms with Crippen LogP contribution in [0.3, 0.4) is 0 Å². The molecule has 0 spiro atoms. The number of hydrogen-bond acceptors (Lipinski definition) is 4. The maximum atomic E-state index is 13.5. The van der Waals surface area contributed by atoms with Gasteiger partial charge in [-0.15, -0.1) is 0 Å². The van der Waals surface area contributed by atoms with Gasteiger partial charge in [-0.2, -0.15) is 4.72 Å². The number of benzene rings is 3. The maximum absolute atomic E-state index is 13.5. The number of ether oxygens (including phenoxy) is 1. The number of aryl methyl sites for hydroxylation is 2. The minimum absolute atomic E-state index is 0.0862. The van der Waals surface area contributed by atoms with Crippen LogP contribution in [0.5, 0.6) is 5.75 Å². The molecule has 0 unspecified atom stereocenters. The van der Waals surface area contributed by atoms with Gasteiger partial charge in [-0.3, -0.25) is 4.79 Å². The lowest BCUT2D eigenvalue weighted by atomic mass is 9.97. The number of amides is 1. The Morgan fingerprint density at radius 3 is 2.29 bits per heavy atom. The van der Waals surface area contributed by atoms with Crippen LogP contribution in [0.1, 0.15) is 48.9 Å². The van der Waals surface area contributed by atoms with Crippen molar-refractivity contribution in [3.05, 3.63) is 89.0 Å². The zero-order chi connectivity index (χ0) is 25.6. The van der Waals surface area contributed by atoms with E-state index in [0.717, 1.165) is 22.4 Å². The average molecular weight is 495 g/mol. The third-order valence-corrected chi connectivity index (χ3v) is 7.30. The van der Waals surface area contributed by atoms with Gasteiger partial charge in [0.05, 0.1) is 11.5 Å². The van der Waals surface area contributed by atoms with Gasteiger partial charge in [0.2, 0.25) is 15.9 Å². The number of hydrogen-bond donors (Lipinski definition) is 2. The highest BCUT2D eigenvalue weighted by Crippen LogP contribution is 2.28. The van der Waals surface area contributed by atoms with Crippen molar-refractivity contribution in [1.29, 1.82) is 0 Å². The summed E-state index contributed by atoms with van der Waals surface area (Å²) in [5.74, 6) is 0.420.